The summed E-state index contributed by atoms with van der Waals surface area (Å²) >= 11 is 0. The number of fused-ring (bicyclic) bond motifs is 1. The van der Waals surface area contributed by atoms with Crippen molar-refractivity contribution in [2.24, 2.45) is 0 Å². The maximum Gasteiger partial charge on any atom is 0.513 e. The lowest BCUT2D eigenvalue weighted by molar-refractivity contribution is -0.125. The zero-order chi connectivity index (χ0) is 27.8. The Morgan fingerprint density at radius 1 is 0.795 bits per heavy atom. The molecule has 0 aliphatic carbocycles. The van der Waals surface area contributed by atoms with Gasteiger partial charge in [0.15, 0.2) is 0 Å². The van der Waals surface area contributed by atoms with Crippen LogP contribution in [-0.2, 0) is 16.0 Å². The molecule has 0 fully saturated rings. The zero-order valence-electron chi connectivity index (χ0n) is 21.2. The maximum atomic E-state index is 13.2. The molecule has 0 bridgehead atoms. The van der Waals surface area contributed by atoms with Crippen molar-refractivity contribution in [1.82, 2.24) is 15.5 Å². The van der Waals surface area contributed by atoms with E-state index >= 15 is 0 Å². The van der Waals surface area contributed by atoms with E-state index in [1.54, 1.807) is 31.2 Å². The minimum Gasteiger partial charge on any atom is -0.434 e. The third kappa shape index (κ3) is 6.48. The van der Waals surface area contributed by atoms with Crippen LogP contribution in [0.2, 0.25) is 0 Å². The van der Waals surface area contributed by atoms with Crippen LogP contribution < -0.4 is 15.4 Å². The predicted molar refractivity (Wildman–Crippen MR) is 140 cm³/mol. The second-order valence-electron chi connectivity index (χ2n) is 8.59. The van der Waals surface area contributed by atoms with Gasteiger partial charge in [-0.25, -0.2) is 4.79 Å². The number of hydrogen-bond acceptors (Lipinski definition) is 7. The van der Waals surface area contributed by atoms with Crippen molar-refractivity contribution in [3.05, 3.63) is 101 Å². The first-order valence-corrected chi connectivity index (χ1v) is 12.4. The number of imide groups is 1. The van der Waals surface area contributed by atoms with Crippen molar-refractivity contribution in [2.75, 3.05) is 19.7 Å². The Hall–Kier alpha value is -4.99. The molecular formula is C29H27N3O7. The minimum atomic E-state index is -1.07. The molecule has 1 aliphatic rings. The van der Waals surface area contributed by atoms with Crippen molar-refractivity contribution >= 4 is 29.8 Å². The molecule has 0 spiro atoms. The highest BCUT2D eigenvalue weighted by Crippen LogP contribution is 2.26. The average molecular weight is 530 g/mol. The molecule has 1 unspecified atom stereocenters. The molecule has 4 rings (SSSR count). The Balaban J connectivity index is 1.35. The smallest absolute Gasteiger partial charge is 0.434 e. The molecule has 200 valence electrons. The van der Waals surface area contributed by atoms with Crippen molar-refractivity contribution in [1.29, 1.82) is 0 Å². The van der Waals surface area contributed by atoms with Crippen LogP contribution in [0.15, 0.2) is 78.9 Å². The van der Waals surface area contributed by atoms with Crippen LogP contribution in [0.3, 0.4) is 0 Å². The van der Waals surface area contributed by atoms with Crippen molar-refractivity contribution in [3.8, 4) is 5.75 Å². The summed E-state index contributed by atoms with van der Waals surface area (Å²) in [6.07, 6.45) is -0.692. The number of rotatable bonds is 10. The number of nitrogens with one attached hydrogen (secondary N) is 2. The van der Waals surface area contributed by atoms with Gasteiger partial charge in [-0.15, -0.1) is 0 Å². The van der Waals surface area contributed by atoms with E-state index in [1.165, 1.54) is 24.3 Å². The Bertz CT molecular complexity index is 1340. The van der Waals surface area contributed by atoms with Crippen LogP contribution in [0.4, 0.5) is 4.79 Å². The van der Waals surface area contributed by atoms with E-state index in [9.17, 15) is 24.0 Å². The van der Waals surface area contributed by atoms with E-state index in [-0.39, 0.29) is 43.0 Å². The van der Waals surface area contributed by atoms with Crippen LogP contribution in [0.5, 0.6) is 5.75 Å². The summed E-state index contributed by atoms with van der Waals surface area (Å²) in [4.78, 5) is 64.2. The average Bonchev–Trinajstić information content (AvgIpc) is 3.20. The molecular weight excluding hydrogens is 502 g/mol. The van der Waals surface area contributed by atoms with Crippen LogP contribution in [0.25, 0.3) is 0 Å². The number of amides is 4. The summed E-state index contributed by atoms with van der Waals surface area (Å²) in [6, 6.07) is 20.4. The van der Waals surface area contributed by atoms with Gasteiger partial charge in [-0.2, -0.15) is 0 Å². The second-order valence-corrected chi connectivity index (χ2v) is 8.59. The monoisotopic (exact) mass is 529 g/mol. The number of ether oxygens (including phenoxy) is 2. The molecule has 4 amide bonds. The highest BCUT2D eigenvalue weighted by molar-refractivity contribution is 6.22. The third-order valence-electron chi connectivity index (χ3n) is 6.00. The van der Waals surface area contributed by atoms with Crippen LogP contribution in [0, 0.1) is 0 Å². The fourth-order valence-corrected chi connectivity index (χ4v) is 4.13. The topological polar surface area (TPSA) is 131 Å². The van der Waals surface area contributed by atoms with Gasteiger partial charge in [-0.05, 0) is 48.9 Å². The van der Waals surface area contributed by atoms with Gasteiger partial charge < -0.3 is 20.1 Å². The minimum absolute atomic E-state index is 0.0725. The molecule has 1 atom stereocenters. The van der Waals surface area contributed by atoms with Gasteiger partial charge >= 0.3 is 6.16 Å². The predicted octanol–water partition coefficient (Wildman–Crippen LogP) is 2.98. The maximum absolute atomic E-state index is 13.2. The molecule has 0 saturated carbocycles. The first-order chi connectivity index (χ1) is 18.9. The van der Waals surface area contributed by atoms with Crippen molar-refractivity contribution in [2.45, 2.75) is 19.4 Å². The van der Waals surface area contributed by atoms with Crippen molar-refractivity contribution in [3.63, 3.8) is 0 Å². The molecule has 0 aromatic heterocycles. The van der Waals surface area contributed by atoms with E-state index in [2.05, 4.69) is 10.6 Å². The van der Waals surface area contributed by atoms with Gasteiger partial charge in [0, 0.05) is 25.1 Å². The van der Waals surface area contributed by atoms with Gasteiger partial charge in [0.25, 0.3) is 17.7 Å². The van der Waals surface area contributed by atoms with Gasteiger partial charge in [0.2, 0.25) is 5.91 Å². The quantitative estimate of drug-likeness (QED) is 0.179. The Kier molecular flexibility index (Phi) is 8.67. The highest BCUT2D eigenvalue weighted by atomic mass is 16.7. The molecule has 0 radical (unpaired) electrons. The molecule has 3 aromatic carbocycles. The summed E-state index contributed by atoms with van der Waals surface area (Å²) in [6.45, 7) is 2.02. The third-order valence-corrected chi connectivity index (χ3v) is 6.00. The number of carbonyl (C=O) groups is 5. The molecule has 0 saturated heterocycles. The van der Waals surface area contributed by atoms with Gasteiger partial charge in [0.1, 0.15) is 11.8 Å². The first-order valence-electron chi connectivity index (χ1n) is 12.4. The number of hydrogen-bond donors (Lipinski definition) is 2. The second kappa shape index (κ2) is 12.5. The Morgan fingerprint density at radius 3 is 2.00 bits per heavy atom. The highest BCUT2D eigenvalue weighted by Gasteiger charge is 2.42. The lowest BCUT2D eigenvalue weighted by atomic mass is 10.0. The summed E-state index contributed by atoms with van der Waals surface area (Å²) < 4.78 is 9.67. The molecule has 10 nitrogen and oxygen atoms in total. The van der Waals surface area contributed by atoms with E-state index in [4.69, 9.17) is 9.47 Å². The lowest BCUT2D eigenvalue weighted by Crippen LogP contribution is -2.51. The zero-order valence-corrected chi connectivity index (χ0v) is 21.2. The van der Waals surface area contributed by atoms with E-state index in [1.807, 2.05) is 30.3 Å². The Labute approximate surface area is 224 Å². The molecule has 1 aliphatic heterocycles. The molecule has 1 heterocycles. The Morgan fingerprint density at radius 2 is 1.38 bits per heavy atom. The molecule has 10 heteroatoms. The number of carbonyl (C=O) groups excluding carboxylic acids is 5. The summed E-state index contributed by atoms with van der Waals surface area (Å²) in [5, 5.41) is 5.42. The van der Waals surface area contributed by atoms with Crippen molar-refractivity contribution < 1.29 is 33.4 Å². The molecule has 3 aromatic rings. The summed E-state index contributed by atoms with van der Waals surface area (Å²) in [7, 11) is 0. The van der Waals surface area contributed by atoms with E-state index in [0.717, 1.165) is 10.5 Å². The number of nitrogens with zero attached hydrogens (tertiary/aromatic N) is 1. The van der Waals surface area contributed by atoms with Crippen LogP contribution in [-0.4, -0.2) is 60.4 Å². The van der Waals surface area contributed by atoms with Crippen LogP contribution in [0.1, 0.15) is 43.6 Å². The molecule has 2 N–H and O–H groups in total. The first kappa shape index (κ1) is 27.1. The summed E-state index contributed by atoms with van der Waals surface area (Å²) in [5.41, 5.74) is 1.64. The summed E-state index contributed by atoms with van der Waals surface area (Å²) in [5.74, 6) is -1.71. The van der Waals surface area contributed by atoms with Gasteiger partial charge in [-0.3, -0.25) is 24.1 Å². The standard InChI is InChI=1S/C29H27N3O7/c1-2-38-29(37)39-21-14-12-20(13-15-21)25(33)30-16-17-31-26(34)24(18-19-8-4-3-5-9-19)32-27(35)22-10-6-7-11-23(22)28(32)36/h3-15,24H,2,16-18H2,1H3,(H,30,33)(H,31,34). The fraction of sp³-hybridized carbons (Fsp3) is 0.207. The van der Waals surface area contributed by atoms with E-state index < -0.39 is 35.8 Å². The van der Waals surface area contributed by atoms with Gasteiger partial charge in [-0.1, -0.05) is 42.5 Å². The number of benzene rings is 3. The van der Waals surface area contributed by atoms with Gasteiger partial charge in [0.05, 0.1) is 17.7 Å². The normalized spacial score (nSPS) is 12.9. The van der Waals surface area contributed by atoms with Crippen LogP contribution >= 0.6 is 0 Å². The van der Waals surface area contributed by atoms with E-state index in [0.29, 0.717) is 5.56 Å². The largest absolute Gasteiger partial charge is 0.513 e. The molecule has 39 heavy (non-hydrogen) atoms. The lowest BCUT2D eigenvalue weighted by Gasteiger charge is -2.25. The SMILES string of the molecule is CCOC(=O)Oc1ccc(C(=O)NCCNC(=O)C(Cc2ccccc2)N2C(=O)c3ccccc3C2=O)cc1. The fourth-order valence-electron chi connectivity index (χ4n) is 4.13.